The predicted molar refractivity (Wildman–Crippen MR) is 63.1 cm³/mol. The highest BCUT2D eigenvalue weighted by molar-refractivity contribution is 7.89. The lowest BCUT2D eigenvalue weighted by atomic mass is 10.0. The van der Waals surface area contributed by atoms with E-state index in [2.05, 4.69) is 0 Å². The molecule has 0 N–H and O–H groups in total. The van der Waals surface area contributed by atoms with E-state index in [1.807, 2.05) is 0 Å². The normalized spacial score (nSPS) is 31.9. The Kier molecular flexibility index (Phi) is 3.85. The highest BCUT2D eigenvalue weighted by Crippen LogP contribution is 2.20. The molecule has 0 saturated carbocycles. The summed E-state index contributed by atoms with van der Waals surface area (Å²) in [5, 5.41) is 0. The van der Waals surface area contributed by atoms with Crippen LogP contribution in [0.25, 0.3) is 0 Å². The van der Waals surface area contributed by atoms with E-state index < -0.39 is 10.0 Å². The molecular weight excluding hydrogens is 242 g/mol. The minimum absolute atomic E-state index is 0.0634. The SMILES string of the molecule is CC1CN(S(=O)(=O)CC2CCCO2)CCC1=O. The summed E-state index contributed by atoms with van der Waals surface area (Å²) in [7, 11) is -3.27. The Bertz CT molecular complexity index is 386. The van der Waals surface area contributed by atoms with Crippen LogP contribution in [0.15, 0.2) is 0 Å². The smallest absolute Gasteiger partial charge is 0.216 e. The molecule has 6 heteroatoms. The molecule has 0 amide bonds. The van der Waals surface area contributed by atoms with E-state index in [-0.39, 0.29) is 23.6 Å². The van der Waals surface area contributed by atoms with Crippen LogP contribution in [0.1, 0.15) is 26.2 Å². The quantitative estimate of drug-likeness (QED) is 0.738. The standard InChI is InChI=1S/C11H19NO4S/c1-9-7-12(5-4-11(9)13)17(14,15)8-10-3-2-6-16-10/h9-10H,2-8H2,1H3. The van der Waals surface area contributed by atoms with Crippen LogP contribution in [0.3, 0.4) is 0 Å². The van der Waals surface area contributed by atoms with Gasteiger partial charge in [0.2, 0.25) is 10.0 Å². The summed E-state index contributed by atoms with van der Waals surface area (Å²) in [6.07, 6.45) is 1.94. The number of ether oxygens (including phenoxy) is 1. The van der Waals surface area contributed by atoms with Crippen LogP contribution in [0, 0.1) is 5.92 Å². The summed E-state index contributed by atoms with van der Waals surface area (Å²) >= 11 is 0. The first-order valence-corrected chi connectivity index (χ1v) is 7.72. The minimum atomic E-state index is -3.27. The first-order chi connectivity index (χ1) is 7.99. The first kappa shape index (κ1) is 13.0. The molecule has 2 atom stereocenters. The van der Waals surface area contributed by atoms with Crippen LogP contribution in [-0.4, -0.2) is 50.1 Å². The summed E-state index contributed by atoms with van der Waals surface area (Å²) in [4.78, 5) is 11.4. The van der Waals surface area contributed by atoms with Crippen molar-refractivity contribution in [1.29, 1.82) is 0 Å². The van der Waals surface area contributed by atoms with Crippen LogP contribution in [0.4, 0.5) is 0 Å². The number of piperidine rings is 1. The number of carbonyl (C=O) groups excluding carboxylic acids is 1. The number of hydrogen-bond acceptors (Lipinski definition) is 4. The topological polar surface area (TPSA) is 63.7 Å². The monoisotopic (exact) mass is 261 g/mol. The molecule has 17 heavy (non-hydrogen) atoms. The van der Waals surface area contributed by atoms with Crippen molar-refractivity contribution in [3.05, 3.63) is 0 Å². The zero-order valence-electron chi connectivity index (χ0n) is 10.1. The average molecular weight is 261 g/mol. The molecule has 0 bridgehead atoms. The van der Waals surface area contributed by atoms with Crippen LogP contribution >= 0.6 is 0 Å². The molecule has 0 spiro atoms. The molecule has 2 aliphatic heterocycles. The fourth-order valence-electron chi connectivity index (χ4n) is 2.35. The van der Waals surface area contributed by atoms with Gasteiger partial charge in [-0.3, -0.25) is 4.79 Å². The average Bonchev–Trinajstić information content (AvgIpc) is 2.73. The Morgan fingerprint density at radius 1 is 1.47 bits per heavy atom. The van der Waals surface area contributed by atoms with Crippen LogP contribution in [0.2, 0.25) is 0 Å². The van der Waals surface area contributed by atoms with Gasteiger partial charge in [-0.05, 0) is 12.8 Å². The van der Waals surface area contributed by atoms with E-state index in [4.69, 9.17) is 4.74 Å². The Hall–Kier alpha value is -0.460. The van der Waals surface area contributed by atoms with E-state index >= 15 is 0 Å². The van der Waals surface area contributed by atoms with E-state index in [0.717, 1.165) is 12.8 Å². The molecule has 0 aromatic heterocycles. The summed E-state index contributed by atoms with van der Waals surface area (Å²) in [5.41, 5.74) is 0. The van der Waals surface area contributed by atoms with E-state index in [1.54, 1.807) is 6.92 Å². The molecule has 2 saturated heterocycles. The second-order valence-electron chi connectivity index (χ2n) is 4.89. The Morgan fingerprint density at radius 2 is 2.24 bits per heavy atom. The minimum Gasteiger partial charge on any atom is -0.377 e. The largest absolute Gasteiger partial charge is 0.377 e. The van der Waals surface area contributed by atoms with Gasteiger partial charge in [-0.2, -0.15) is 0 Å². The molecule has 2 fully saturated rings. The van der Waals surface area contributed by atoms with Crippen molar-refractivity contribution in [2.24, 2.45) is 5.92 Å². The van der Waals surface area contributed by atoms with Gasteiger partial charge < -0.3 is 4.74 Å². The maximum absolute atomic E-state index is 12.1. The summed E-state index contributed by atoms with van der Waals surface area (Å²) < 4.78 is 31.1. The van der Waals surface area contributed by atoms with Gasteiger partial charge in [0.1, 0.15) is 5.78 Å². The Balaban J connectivity index is 1.97. The summed E-state index contributed by atoms with van der Waals surface area (Å²) in [6.45, 7) is 3.11. The third kappa shape index (κ3) is 3.05. The van der Waals surface area contributed by atoms with Crippen molar-refractivity contribution < 1.29 is 17.9 Å². The molecular formula is C11H19NO4S. The van der Waals surface area contributed by atoms with E-state index in [9.17, 15) is 13.2 Å². The van der Waals surface area contributed by atoms with Crippen molar-refractivity contribution in [2.45, 2.75) is 32.3 Å². The lowest BCUT2D eigenvalue weighted by molar-refractivity contribution is -0.124. The van der Waals surface area contributed by atoms with Crippen molar-refractivity contribution >= 4 is 15.8 Å². The molecule has 2 aliphatic rings. The Labute approximate surface area is 102 Å². The van der Waals surface area contributed by atoms with Crippen LogP contribution in [0.5, 0.6) is 0 Å². The molecule has 2 heterocycles. The molecule has 0 radical (unpaired) electrons. The van der Waals surface area contributed by atoms with Gasteiger partial charge in [-0.25, -0.2) is 12.7 Å². The number of ketones is 1. The summed E-state index contributed by atoms with van der Waals surface area (Å²) in [6, 6.07) is 0. The fraction of sp³-hybridized carbons (Fsp3) is 0.909. The van der Waals surface area contributed by atoms with E-state index in [0.29, 0.717) is 26.1 Å². The van der Waals surface area contributed by atoms with Gasteiger partial charge in [0.05, 0.1) is 11.9 Å². The van der Waals surface area contributed by atoms with Crippen LogP contribution < -0.4 is 0 Å². The number of sulfonamides is 1. The Morgan fingerprint density at radius 3 is 2.82 bits per heavy atom. The lowest BCUT2D eigenvalue weighted by Gasteiger charge is -2.29. The fourth-order valence-corrected chi connectivity index (χ4v) is 4.11. The second-order valence-corrected chi connectivity index (χ2v) is 6.90. The molecule has 2 rings (SSSR count). The molecule has 98 valence electrons. The molecule has 2 unspecified atom stereocenters. The number of Topliss-reactive ketones (excluding diaryl/α,β-unsaturated/α-hetero) is 1. The number of nitrogens with zero attached hydrogens (tertiary/aromatic N) is 1. The zero-order chi connectivity index (χ0) is 12.5. The van der Waals surface area contributed by atoms with Gasteiger partial charge in [0, 0.05) is 32.0 Å². The highest BCUT2D eigenvalue weighted by Gasteiger charge is 2.33. The maximum atomic E-state index is 12.1. The summed E-state index contributed by atoms with van der Waals surface area (Å²) in [5.74, 6) is 0.0464. The van der Waals surface area contributed by atoms with E-state index in [1.165, 1.54) is 4.31 Å². The van der Waals surface area contributed by atoms with Gasteiger partial charge in [-0.15, -0.1) is 0 Å². The van der Waals surface area contributed by atoms with Gasteiger partial charge in [-0.1, -0.05) is 6.92 Å². The maximum Gasteiger partial charge on any atom is 0.216 e. The van der Waals surface area contributed by atoms with Gasteiger partial charge >= 0.3 is 0 Å². The van der Waals surface area contributed by atoms with Gasteiger partial charge in [0.15, 0.2) is 0 Å². The van der Waals surface area contributed by atoms with Crippen molar-refractivity contribution in [3.8, 4) is 0 Å². The molecule has 0 aromatic carbocycles. The lowest BCUT2D eigenvalue weighted by Crippen LogP contribution is -2.45. The third-order valence-electron chi connectivity index (χ3n) is 3.45. The van der Waals surface area contributed by atoms with Gasteiger partial charge in [0.25, 0.3) is 0 Å². The van der Waals surface area contributed by atoms with Crippen molar-refractivity contribution in [2.75, 3.05) is 25.4 Å². The first-order valence-electron chi connectivity index (χ1n) is 6.11. The zero-order valence-corrected chi connectivity index (χ0v) is 10.9. The number of hydrogen-bond donors (Lipinski definition) is 0. The van der Waals surface area contributed by atoms with Crippen molar-refractivity contribution in [1.82, 2.24) is 4.31 Å². The molecule has 0 aliphatic carbocycles. The van der Waals surface area contributed by atoms with Crippen molar-refractivity contribution in [3.63, 3.8) is 0 Å². The molecule has 0 aromatic rings. The highest BCUT2D eigenvalue weighted by atomic mass is 32.2. The third-order valence-corrected chi connectivity index (χ3v) is 5.36. The predicted octanol–water partition coefficient (Wildman–Crippen LogP) is 0.406. The van der Waals surface area contributed by atoms with Crippen LogP contribution in [-0.2, 0) is 19.6 Å². The number of carbonyl (C=O) groups is 1. The second kappa shape index (κ2) is 5.04. The molecule has 5 nitrogen and oxygen atoms in total. The number of rotatable bonds is 3.